The molecule has 128 valence electrons. The highest BCUT2D eigenvalue weighted by Crippen LogP contribution is 2.35. The van der Waals surface area contributed by atoms with E-state index in [0.717, 1.165) is 19.5 Å². The second-order valence-electron chi connectivity index (χ2n) is 7.40. The number of para-hydroxylation sites is 1. The molecule has 0 radical (unpaired) electrons. The number of rotatable bonds is 2. The van der Waals surface area contributed by atoms with Crippen molar-refractivity contribution in [1.82, 2.24) is 14.7 Å². The van der Waals surface area contributed by atoms with E-state index in [0.29, 0.717) is 5.92 Å². The Bertz CT molecular complexity index is 718. The molecule has 1 saturated heterocycles. The average molecular weight is 324 g/mol. The highest BCUT2D eigenvalue weighted by molar-refractivity contribution is 5.56. The second-order valence-corrected chi connectivity index (χ2v) is 7.40. The quantitative estimate of drug-likeness (QED) is 0.913. The molecule has 24 heavy (non-hydrogen) atoms. The number of nitrogens with zero attached hydrogens (tertiary/aromatic N) is 3. The second kappa shape index (κ2) is 6.60. The fourth-order valence-electron chi connectivity index (χ4n) is 4.22. The van der Waals surface area contributed by atoms with Crippen LogP contribution in [0.5, 0.6) is 0 Å². The van der Waals surface area contributed by atoms with Gasteiger partial charge in [0.05, 0.1) is 11.4 Å². The summed E-state index contributed by atoms with van der Waals surface area (Å²) in [5, 5.41) is 8.83. The number of fused-ring (bicyclic) bond motifs is 1. The van der Waals surface area contributed by atoms with Crippen LogP contribution in [0.4, 0.5) is 5.82 Å². The van der Waals surface area contributed by atoms with Gasteiger partial charge in [0.2, 0.25) is 0 Å². The molecule has 1 aromatic heterocycles. The smallest absolute Gasteiger partial charge is 0.133 e. The van der Waals surface area contributed by atoms with E-state index in [4.69, 9.17) is 5.10 Å². The maximum Gasteiger partial charge on any atom is 0.133 e. The van der Waals surface area contributed by atoms with Crippen molar-refractivity contribution in [3.8, 4) is 5.69 Å². The number of aromatic nitrogens is 2. The van der Waals surface area contributed by atoms with Gasteiger partial charge in [0.25, 0.3) is 0 Å². The lowest BCUT2D eigenvalue weighted by molar-refractivity contribution is 0.247. The summed E-state index contributed by atoms with van der Waals surface area (Å²) in [7, 11) is 2.24. The van der Waals surface area contributed by atoms with E-state index >= 15 is 0 Å². The van der Waals surface area contributed by atoms with Crippen molar-refractivity contribution < 1.29 is 0 Å². The molecule has 1 unspecified atom stereocenters. The van der Waals surface area contributed by atoms with E-state index in [2.05, 4.69) is 53.1 Å². The third-order valence-electron chi connectivity index (χ3n) is 5.52. The predicted octanol–water partition coefficient (Wildman–Crippen LogP) is 3.74. The largest absolute Gasteiger partial charge is 0.370 e. The van der Waals surface area contributed by atoms with Crippen molar-refractivity contribution in [2.24, 2.45) is 0 Å². The number of anilines is 1. The molecule has 4 heteroatoms. The fourth-order valence-corrected chi connectivity index (χ4v) is 4.22. The maximum absolute atomic E-state index is 5.15. The summed E-state index contributed by atoms with van der Waals surface area (Å²) in [6, 6.07) is 8.58. The maximum atomic E-state index is 5.15. The summed E-state index contributed by atoms with van der Waals surface area (Å²) in [6.45, 7) is 5.58. The molecule has 2 aromatic rings. The topological polar surface area (TPSA) is 33.1 Å². The number of nitrogens with one attached hydrogen (secondary N) is 1. The molecule has 0 spiro atoms. The van der Waals surface area contributed by atoms with E-state index in [-0.39, 0.29) is 0 Å². The van der Waals surface area contributed by atoms with Crippen LogP contribution in [0.25, 0.3) is 5.69 Å². The number of aryl methyl sites for hydroxylation is 1. The van der Waals surface area contributed by atoms with Gasteiger partial charge < -0.3 is 10.2 Å². The lowest BCUT2D eigenvalue weighted by Gasteiger charge is -2.29. The minimum absolute atomic E-state index is 0.572. The molecule has 3 heterocycles. The summed E-state index contributed by atoms with van der Waals surface area (Å²) < 4.78 is 2.18. The van der Waals surface area contributed by atoms with Crippen molar-refractivity contribution in [3.63, 3.8) is 0 Å². The molecule has 1 fully saturated rings. The third-order valence-corrected chi connectivity index (χ3v) is 5.52. The first kappa shape index (κ1) is 15.7. The van der Waals surface area contributed by atoms with Gasteiger partial charge in [-0.05, 0) is 64.3 Å². The van der Waals surface area contributed by atoms with E-state index in [1.807, 2.05) is 0 Å². The summed E-state index contributed by atoms with van der Waals surface area (Å²) in [6.07, 6.45) is 6.20. The van der Waals surface area contributed by atoms with Gasteiger partial charge in [0.15, 0.2) is 0 Å². The lowest BCUT2D eigenvalue weighted by atomic mass is 9.91. The first-order chi connectivity index (χ1) is 11.7. The van der Waals surface area contributed by atoms with Gasteiger partial charge in [0.1, 0.15) is 5.82 Å². The van der Waals surface area contributed by atoms with Crippen LogP contribution in [0.2, 0.25) is 0 Å². The summed E-state index contributed by atoms with van der Waals surface area (Å²) in [5.41, 5.74) is 5.30. The van der Waals surface area contributed by atoms with Crippen LogP contribution in [-0.2, 0) is 6.42 Å². The molecule has 0 bridgehead atoms. The van der Waals surface area contributed by atoms with E-state index < -0.39 is 0 Å². The van der Waals surface area contributed by atoms with Gasteiger partial charge in [-0.3, -0.25) is 0 Å². The highest BCUT2D eigenvalue weighted by Gasteiger charge is 2.28. The Labute approximate surface area is 144 Å². The fraction of sp³-hybridized carbons (Fsp3) is 0.550. The molecule has 4 rings (SSSR count). The van der Waals surface area contributed by atoms with Crippen LogP contribution < -0.4 is 5.32 Å². The molecule has 1 N–H and O–H groups in total. The summed E-state index contributed by atoms with van der Waals surface area (Å²) in [5.74, 6) is 1.81. The van der Waals surface area contributed by atoms with Crippen LogP contribution in [0, 0.1) is 6.92 Å². The van der Waals surface area contributed by atoms with Crippen LogP contribution in [0.1, 0.15) is 48.4 Å². The Morgan fingerprint density at radius 2 is 2.04 bits per heavy atom. The number of likely N-dealkylation sites (tertiary alicyclic amines) is 1. The number of likely N-dealkylation sites (N-methyl/N-ethyl adjacent to an activating group) is 1. The minimum atomic E-state index is 0.572. The van der Waals surface area contributed by atoms with Crippen molar-refractivity contribution in [2.75, 3.05) is 32.0 Å². The third kappa shape index (κ3) is 2.84. The Kier molecular flexibility index (Phi) is 4.31. The van der Waals surface area contributed by atoms with Crippen LogP contribution >= 0.6 is 0 Å². The zero-order valence-electron chi connectivity index (χ0n) is 14.9. The lowest BCUT2D eigenvalue weighted by Crippen LogP contribution is -2.31. The number of hydrogen-bond acceptors (Lipinski definition) is 3. The number of hydrogen-bond donors (Lipinski definition) is 1. The Hall–Kier alpha value is -1.81. The van der Waals surface area contributed by atoms with E-state index in [9.17, 15) is 0 Å². The molecular weight excluding hydrogens is 296 g/mol. The van der Waals surface area contributed by atoms with Crippen molar-refractivity contribution >= 4 is 5.82 Å². The molecule has 0 saturated carbocycles. The number of piperidine rings is 1. The Morgan fingerprint density at radius 3 is 2.88 bits per heavy atom. The average Bonchev–Trinajstić information content (AvgIpc) is 2.77. The number of benzene rings is 1. The summed E-state index contributed by atoms with van der Waals surface area (Å²) >= 11 is 0. The van der Waals surface area contributed by atoms with Gasteiger partial charge in [-0.25, -0.2) is 4.68 Å². The van der Waals surface area contributed by atoms with E-state index in [1.165, 1.54) is 60.6 Å². The van der Waals surface area contributed by atoms with Crippen molar-refractivity contribution in [3.05, 3.63) is 41.1 Å². The summed E-state index contributed by atoms with van der Waals surface area (Å²) in [4.78, 5) is 2.46. The van der Waals surface area contributed by atoms with Crippen molar-refractivity contribution in [1.29, 1.82) is 0 Å². The van der Waals surface area contributed by atoms with Crippen LogP contribution in [0.3, 0.4) is 0 Å². The standard InChI is InChI=1S/C20H28N4/c1-15-8-3-4-11-18(15)24-20-17(10-5-6-12-21-20)19(22-24)16-9-7-13-23(2)14-16/h3-4,8,11,16,21H,5-7,9-10,12-14H2,1-2H3. The molecule has 2 aliphatic heterocycles. The zero-order valence-corrected chi connectivity index (χ0v) is 14.9. The Balaban J connectivity index is 1.81. The molecule has 1 aromatic carbocycles. The molecule has 1 atom stereocenters. The monoisotopic (exact) mass is 324 g/mol. The normalized spacial score (nSPS) is 21.8. The molecule has 0 aliphatic carbocycles. The predicted molar refractivity (Wildman–Crippen MR) is 99.2 cm³/mol. The highest BCUT2D eigenvalue weighted by atomic mass is 15.3. The van der Waals surface area contributed by atoms with Crippen LogP contribution in [-0.4, -0.2) is 41.4 Å². The molecule has 4 nitrogen and oxygen atoms in total. The minimum Gasteiger partial charge on any atom is -0.370 e. The SMILES string of the molecule is Cc1ccccc1-n1nc(C2CCCN(C)C2)c2c1NCCCC2. The first-order valence-electron chi connectivity index (χ1n) is 9.34. The zero-order chi connectivity index (χ0) is 16.5. The molecule has 0 amide bonds. The van der Waals surface area contributed by atoms with Crippen LogP contribution in [0.15, 0.2) is 24.3 Å². The van der Waals surface area contributed by atoms with Gasteiger partial charge in [-0.2, -0.15) is 5.10 Å². The van der Waals surface area contributed by atoms with Gasteiger partial charge in [0, 0.05) is 24.6 Å². The van der Waals surface area contributed by atoms with Gasteiger partial charge in [-0.15, -0.1) is 0 Å². The van der Waals surface area contributed by atoms with Crippen molar-refractivity contribution in [2.45, 2.75) is 44.9 Å². The first-order valence-corrected chi connectivity index (χ1v) is 9.34. The Morgan fingerprint density at radius 1 is 1.17 bits per heavy atom. The van der Waals surface area contributed by atoms with Gasteiger partial charge >= 0.3 is 0 Å². The molecule has 2 aliphatic rings. The molecular formula is C20H28N4. The van der Waals surface area contributed by atoms with E-state index in [1.54, 1.807) is 0 Å². The van der Waals surface area contributed by atoms with Gasteiger partial charge in [-0.1, -0.05) is 18.2 Å².